The zero-order chi connectivity index (χ0) is 15.5. The van der Waals surface area contributed by atoms with E-state index in [0.717, 1.165) is 16.9 Å². The maximum atomic E-state index is 12.4. The second-order valence-electron chi connectivity index (χ2n) is 4.34. The molecule has 0 aliphatic heterocycles. The van der Waals surface area contributed by atoms with E-state index in [1.165, 1.54) is 0 Å². The van der Waals surface area contributed by atoms with Crippen LogP contribution in [0.4, 0.5) is 13.2 Å². The van der Waals surface area contributed by atoms with Crippen LogP contribution >= 0.6 is 11.6 Å². The fraction of sp³-hybridized carbons (Fsp3) is 0.308. The van der Waals surface area contributed by atoms with Gasteiger partial charge in [-0.25, -0.2) is 0 Å². The number of aliphatic hydroxyl groups is 1. The third kappa shape index (κ3) is 4.64. The fourth-order valence-corrected chi connectivity index (χ4v) is 1.73. The quantitative estimate of drug-likeness (QED) is 0.921. The van der Waals surface area contributed by atoms with Crippen LogP contribution in [0.1, 0.15) is 5.69 Å². The number of benzene rings is 1. The summed E-state index contributed by atoms with van der Waals surface area (Å²) in [7, 11) is 0. The summed E-state index contributed by atoms with van der Waals surface area (Å²) in [5, 5.41) is 13.6. The topological polar surface area (TPSA) is 47.3 Å². The summed E-state index contributed by atoms with van der Waals surface area (Å²) in [6, 6.07) is 7.38. The molecule has 0 amide bonds. The van der Waals surface area contributed by atoms with Crippen LogP contribution in [-0.4, -0.2) is 27.6 Å². The highest BCUT2D eigenvalue weighted by atomic mass is 35.5. The number of ether oxygens (including phenoxy) is 1. The molecule has 1 aromatic carbocycles. The van der Waals surface area contributed by atoms with E-state index in [1.807, 2.05) is 0 Å². The molecular weight excluding hydrogens is 309 g/mol. The molecule has 0 radical (unpaired) electrons. The van der Waals surface area contributed by atoms with Crippen LogP contribution in [-0.2, 0) is 12.7 Å². The van der Waals surface area contributed by atoms with Crippen molar-refractivity contribution in [1.82, 2.24) is 9.78 Å². The number of nitrogens with zero attached hydrogens (tertiary/aromatic N) is 2. The Balaban J connectivity index is 1.85. The van der Waals surface area contributed by atoms with Gasteiger partial charge in [0, 0.05) is 11.2 Å². The van der Waals surface area contributed by atoms with E-state index in [4.69, 9.17) is 16.3 Å². The van der Waals surface area contributed by atoms with Gasteiger partial charge in [-0.3, -0.25) is 4.68 Å². The summed E-state index contributed by atoms with van der Waals surface area (Å²) in [4.78, 5) is 0. The third-order valence-electron chi connectivity index (χ3n) is 2.58. The van der Waals surface area contributed by atoms with Crippen molar-refractivity contribution in [3.05, 3.63) is 47.2 Å². The Kier molecular flexibility index (Phi) is 4.74. The lowest BCUT2D eigenvalue weighted by atomic mass is 10.3. The first-order valence-corrected chi connectivity index (χ1v) is 6.39. The third-order valence-corrected chi connectivity index (χ3v) is 2.84. The normalized spacial score (nSPS) is 13.2. The minimum absolute atomic E-state index is 0.0666. The lowest BCUT2D eigenvalue weighted by molar-refractivity contribution is -0.141. The van der Waals surface area contributed by atoms with Gasteiger partial charge >= 0.3 is 6.18 Å². The molecular formula is C13H12ClF3N2O2. The lowest BCUT2D eigenvalue weighted by Gasteiger charge is -2.12. The molecule has 0 bridgehead atoms. The number of aliphatic hydroxyl groups excluding tert-OH is 1. The second kappa shape index (κ2) is 6.36. The summed E-state index contributed by atoms with van der Waals surface area (Å²) in [6.45, 7) is -0.160. The van der Waals surface area contributed by atoms with Crippen molar-refractivity contribution in [3.8, 4) is 5.75 Å². The molecule has 1 aromatic heterocycles. The molecule has 4 nitrogen and oxygen atoms in total. The molecule has 1 N–H and O–H groups in total. The Labute approximate surface area is 123 Å². The number of hydrogen-bond donors (Lipinski definition) is 1. The predicted molar refractivity (Wildman–Crippen MR) is 70.2 cm³/mol. The number of rotatable bonds is 5. The number of halogens is 4. The summed E-state index contributed by atoms with van der Waals surface area (Å²) in [5.41, 5.74) is -0.992. The van der Waals surface area contributed by atoms with E-state index in [1.54, 1.807) is 24.3 Å². The molecule has 0 spiro atoms. The van der Waals surface area contributed by atoms with E-state index in [-0.39, 0.29) is 13.2 Å². The monoisotopic (exact) mass is 320 g/mol. The van der Waals surface area contributed by atoms with Gasteiger partial charge in [0.1, 0.15) is 18.5 Å². The highest BCUT2D eigenvalue weighted by Gasteiger charge is 2.33. The van der Waals surface area contributed by atoms with Gasteiger partial charge in [-0.1, -0.05) is 11.6 Å². The Morgan fingerprint density at radius 2 is 1.90 bits per heavy atom. The first-order chi connectivity index (χ1) is 9.84. The van der Waals surface area contributed by atoms with Gasteiger partial charge < -0.3 is 9.84 Å². The van der Waals surface area contributed by atoms with Crippen LogP contribution in [0, 0.1) is 0 Å². The maximum Gasteiger partial charge on any atom is 0.435 e. The van der Waals surface area contributed by atoms with Crippen LogP contribution in [0.3, 0.4) is 0 Å². The van der Waals surface area contributed by atoms with Crippen molar-refractivity contribution in [2.24, 2.45) is 0 Å². The van der Waals surface area contributed by atoms with Crippen LogP contribution in [0.5, 0.6) is 5.75 Å². The number of aromatic nitrogens is 2. The van der Waals surface area contributed by atoms with Crippen molar-refractivity contribution in [1.29, 1.82) is 0 Å². The first-order valence-electron chi connectivity index (χ1n) is 6.01. The predicted octanol–water partition coefficient (Wildman–Crippen LogP) is 3.00. The van der Waals surface area contributed by atoms with Gasteiger partial charge in [0.15, 0.2) is 5.69 Å². The standard InChI is InChI=1S/C13H12ClF3N2O2/c14-9-1-3-11(4-2-9)21-8-10(20)7-19-6-5-12(18-19)13(15,16)17/h1-6,10,20H,7-8H2. The highest BCUT2D eigenvalue weighted by molar-refractivity contribution is 6.30. The molecule has 0 aliphatic carbocycles. The summed E-state index contributed by atoms with van der Waals surface area (Å²) >= 11 is 5.71. The average molecular weight is 321 g/mol. The molecule has 2 aromatic rings. The smallest absolute Gasteiger partial charge is 0.435 e. The van der Waals surface area contributed by atoms with Gasteiger partial charge in [0.2, 0.25) is 0 Å². The number of hydrogen-bond acceptors (Lipinski definition) is 3. The Morgan fingerprint density at radius 3 is 2.48 bits per heavy atom. The molecule has 0 saturated heterocycles. The van der Waals surface area contributed by atoms with Gasteiger partial charge in [-0.2, -0.15) is 18.3 Å². The van der Waals surface area contributed by atoms with Crippen molar-refractivity contribution in [3.63, 3.8) is 0 Å². The molecule has 1 heterocycles. The average Bonchev–Trinajstić information content (AvgIpc) is 2.86. The molecule has 8 heteroatoms. The van der Waals surface area contributed by atoms with E-state index in [2.05, 4.69) is 5.10 Å². The van der Waals surface area contributed by atoms with Crippen molar-refractivity contribution < 1.29 is 23.0 Å². The Hall–Kier alpha value is -1.73. The van der Waals surface area contributed by atoms with Gasteiger partial charge in [-0.15, -0.1) is 0 Å². The molecule has 2 rings (SSSR count). The van der Waals surface area contributed by atoms with E-state index in [0.29, 0.717) is 10.8 Å². The van der Waals surface area contributed by atoms with Crippen LogP contribution in [0.2, 0.25) is 5.02 Å². The molecule has 114 valence electrons. The second-order valence-corrected chi connectivity index (χ2v) is 4.78. The van der Waals surface area contributed by atoms with Gasteiger partial charge in [0.25, 0.3) is 0 Å². The highest BCUT2D eigenvalue weighted by Crippen LogP contribution is 2.27. The molecule has 0 aliphatic rings. The molecule has 1 unspecified atom stereocenters. The molecule has 1 atom stereocenters. The summed E-state index contributed by atoms with van der Waals surface area (Å²) < 4.78 is 43.4. The van der Waals surface area contributed by atoms with Crippen molar-refractivity contribution >= 4 is 11.6 Å². The summed E-state index contributed by atoms with van der Waals surface area (Å²) in [5.74, 6) is 0.509. The minimum Gasteiger partial charge on any atom is -0.491 e. The van der Waals surface area contributed by atoms with E-state index < -0.39 is 18.0 Å². The summed E-state index contributed by atoms with van der Waals surface area (Å²) in [6.07, 6.45) is -4.31. The zero-order valence-electron chi connectivity index (χ0n) is 10.7. The largest absolute Gasteiger partial charge is 0.491 e. The van der Waals surface area contributed by atoms with Crippen molar-refractivity contribution in [2.45, 2.75) is 18.8 Å². The van der Waals surface area contributed by atoms with Crippen LogP contribution in [0.25, 0.3) is 0 Å². The van der Waals surface area contributed by atoms with Crippen LogP contribution < -0.4 is 4.74 Å². The van der Waals surface area contributed by atoms with Crippen molar-refractivity contribution in [2.75, 3.05) is 6.61 Å². The number of alkyl halides is 3. The Morgan fingerprint density at radius 1 is 1.24 bits per heavy atom. The molecule has 0 saturated carbocycles. The molecule has 0 fully saturated rings. The van der Waals surface area contributed by atoms with E-state index in [9.17, 15) is 18.3 Å². The van der Waals surface area contributed by atoms with Crippen LogP contribution in [0.15, 0.2) is 36.5 Å². The zero-order valence-corrected chi connectivity index (χ0v) is 11.5. The van der Waals surface area contributed by atoms with Gasteiger partial charge in [0.05, 0.1) is 6.54 Å². The minimum atomic E-state index is -4.49. The fourth-order valence-electron chi connectivity index (χ4n) is 1.61. The van der Waals surface area contributed by atoms with E-state index >= 15 is 0 Å². The first kappa shape index (κ1) is 15.7. The van der Waals surface area contributed by atoms with Gasteiger partial charge in [-0.05, 0) is 30.3 Å². The SMILES string of the molecule is OC(COc1ccc(Cl)cc1)Cn1ccc(C(F)(F)F)n1. The maximum absolute atomic E-state index is 12.4. The lowest BCUT2D eigenvalue weighted by Crippen LogP contribution is -2.24. The Bertz CT molecular complexity index is 584. The molecule has 21 heavy (non-hydrogen) atoms.